The van der Waals surface area contributed by atoms with Gasteiger partial charge in [0.15, 0.2) is 6.10 Å². The van der Waals surface area contributed by atoms with Crippen LogP contribution in [0.1, 0.15) is 11.1 Å². The number of halogens is 2. The van der Waals surface area contributed by atoms with Crippen molar-refractivity contribution in [2.75, 3.05) is 7.11 Å². The Balaban J connectivity index is 2.56. The molecule has 0 amide bonds. The van der Waals surface area contributed by atoms with Crippen LogP contribution in [0.25, 0.3) is 6.08 Å². The van der Waals surface area contributed by atoms with Crippen molar-refractivity contribution in [2.45, 2.75) is 19.5 Å². The van der Waals surface area contributed by atoms with E-state index in [1.807, 2.05) is 0 Å². The van der Waals surface area contributed by atoms with Crippen LogP contribution in [0.5, 0.6) is 11.5 Å². The summed E-state index contributed by atoms with van der Waals surface area (Å²) in [6.45, 7) is 1.68. The zero-order valence-corrected chi connectivity index (χ0v) is 10.3. The quantitative estimate of drug-likeness (QED) is 0.916. The number of hydrogen-bond donors (Lipinski definition) is 1. The van der Waals surface area contributed by atoms with Crippen molar-refractivity contribution < 1.29 is 28.2 Å². The van der Waals surface area contributed by atoms with E-state index >= 15 is 0 Å². The maximum atomic E-state index is 12.8. The third kappa shape index (κ3) is 2.38. The molecular weight excluding hydrogens is 258 g/mol. The normalized spacial score (nSPS) is 17.5. The fraction of sp³-hybridized carbons (Fsp3) is 0.308. The molecular formula is C13H12F2O4. The zero-order valence-electron chi connectivity index (χ0n) is 10.3. The zero-order chi connectivity index (χ0) is 14.2. The lowest BCUT2D eigenvalue weighted by Crippen LogP contribution is -2.33. The Morgan fingerprint density at radius 3 is 2.68 bits per heavy atom. The summed E-state index contributed by atoms with van der Waals surface area (Å²) in [6, 6.07) is 3.19. The van der Waals surface area contributed by atoms with Crippen LogP contribution in [0.15, 0.2) is 17.7 Å². The van der Waals surface area contributed by atoms with Gasteiger partial charge in [-0.2, -0.15) is 0 Å². The molecule has 0 aliphatic carbocycles. The van der Waals surface area contributed by atoms with Crippen molar-refractivity contribution in [1.29, 1.82) is 0 Å². The molecule has 2 rings (SSSR count). The van der Waals surface area contributed by atoms with E-state index in [0.717, 1.165) is 0 Å². The number of benzene rings is 1. The van der Waals surface area contributed by atoms with E-state index in [1.165, 1.54) is 13.2 Å². The molecule has 1 aliphatic heterocycles. The average molecular weight is 270 g/mol. The number of methoxy groups -OCH3 is 1. The lowest BCUT2D eigenvalue weighted by molar-refractivity contribution is -0.134. The number of carboxylic acid groups (broad SMARTS) is 1. The highest BCUT2D eigenvalue weighted by atomic mass is 19.3. The van der Waals surface area contributed by atoms with Gasteiger partial charge in [0.05, 0.1) is 12.7 Å². The Morgan fingerprint density at radius 1 is 1.47 bits per heavy atom. The molecule has 0 fully saturated rings. The van der Waals surface area contributed by atoms with Crippen LogP contribution >= 0.6 is 0 Å². The van der Waals surface area contributed by atoms with E-state index in [0.29, 0.717) is 16.9 Å². The number of carboxylic acids is 1. The van der Waals surface area contributed by atoms with Crippen LogP contribution < -0.4 is 9.47 Å². The minimum Gasteiger partial charge on any atom is -0.497 e. The molecule has 0 saturated carbocycles. The van der Waals surface area contributed by atoms with E-state index in [-0.39, 0.29) is 5.75 Å². The van der Waals surface area contributed by atoms with E-state index in [1.54, 1.807) is 19.1 Å². The molecule has 0 saturated heterocycles. The van der Waals surface area contributed by atoms with Crippen LogP contribution in [-0.2, 0) is 4.79 Å². The number of hydrogen-bond acceptors (Lipinski definition) is 3. The fourth-order valence-corrected chi connectivity index (χ4v) is 1.96. The molecule has 1 aromatic carbocycles. The third-order valence-corrected chi connectivity index (χ3v) is 2.85. The second-order valence-corrected chi connectivity index (χ2v) is 4.14. The number of alkyl halides is 2. The van der Waals surface area contributed by atoms with Crippen LogP contribution in [0, 0.1) is 6.92 Å². The van der Waals surface area contributed by atoms with E-state index in [9.17, 15) is 13.6 Å². The highest BCUT2D eigenvalue weighted by Crippen LogP contribution is 2.37. The minimum atomic E-state index is -2.91. The molecule has 1 aliphatic rings. The molecule has 1 N–H and O–H groups in total. The van der Waals surface area contributed by atoms with Gasteiger partial charge in [0.2, 0.25) is 0 Å². The number of aliphatic carboxylic acids is 1. The molecule has 102 valence electrons. The van der Waals surface area contributed by atoms with Gasteiger partial charge in [-0.3, -0.25) is 0 Å². The molecule has 1 aromatic rings. The van der Waals surface area contributed by atoms with E-state index in [4.69, 9.17) is 14.6 Å². The Hall–Kier alpha value is -2.11. The van der Waals surface area contributed by atoms with Crippen LogP contribution in [-0.4, -0.2) is 30.7 Å². The molecule has 6 heteroatoms. The minimum absolute atomic E-state index is 0.260. The highest BCUT2D eigenvalue weighted by Gasteiger charge is 2.35. The second kappa shape index (κ2) is 4.87. The number of rotatable bonds is 3. The Kier molecular flexibility index (Phi) is 3.42. The first-order valence-electron chi connectivity index (χ1n) is 5.52. The van der Waals surface area contributed by atoms with Crippen molar-refractivity contribution in [3.8, 4) is 11.5 Å². The van der Waals surface area contributed by atoms with Crippen LogP contribution in [0.4, 0.5) is 8.78 Å². The first kappa shape index (κ1) is 13.3. The Bertz CT molecular complexity index is 552. The molecule has 0 radical (unpaired) electrons. The summed E-state index contributed by atoms with van der Waals surface area (Å²) < 4.78 is 35.9. The van der Waals surface area contributed by atoms with Crippen LogP contribution in [0.3, 0.4) is 0 Å². The Labute approximate surface area is 108 Å². The van der Waals surface area contributed by atoms with Crippen LogP contribution in [0.2, 0.25) is 0 Å². The lowest BCUT2D eigenvalue weighted by atomic mass is 9.99. The standard InChI is InChI=1S/C13H12F2O4/c1-6-3-8(18-2)4-7-5-9(13(16)17)11(12(14)15)19-10(6)7/h3-5,11-12H,1-2H3,(H,16,17). The smallest absolute Gasteiger partial charge is 0.335 e. The van der Waals surface area contributed by atoms with Crippen molar-refractivity contribution in [2.24, 2.45) is 0 Å². The molecule has 19 heavy (non-hydrogen) atoms. The summed E-state index contributed by atoms with van der Waals surface area (Å²) in [5, 5.41) is 8.97. The molecule has 0 aromatic heterocycles. The first-order chi connectivity index (χ1) is 8.93. The SMILES string of the molecule is COc1cc(C)c2c(c1)C=C(C(=O)O)C(C(F)F)O2. The molecule has 1 unspecified atom stereocenters. The predicted molar refractivity (Wildman–Crippen MR) is 63.8 cm³/mol. The summed E-state index contributed by atoms with van der Waals surface area (Å²) in [7, 11) is 1.47. The first-order valence-corrected chi connectivity index (χ1v) is 5.52. The molecule has 0 bridgehead atoms. The van der Waals surface area contributed by atoms with Gasteiger partial charge in [0.1, 0.15) is 11.5 Å². The molecule has 1 heterocycles. The number of ether oxygens (including phenoxy) is 2. The summed E-state index contributed by atoms with van der Waals surface area (Å²) in [5.41, 5.74) is 0.571. The lowest BCUT2D eigenvalue weighted by Gasteiger charge is -2.26. The van der Waals surface area contributed by atoms with E-state index in [2.05, 4.69) is 0 Å². The second-order valence-electron chi connectivity index (χ2n) is 4.14. The van der Waals surface area contributed by atoms with Gasteiger partial charge in [-0.25, -0.2) is 13.6 Å². The summed E-state index contributed by atoms with van der Waals surface area (Å²) >= 11 is 0. The molecule has 0 spiro atoms. The summed E-state index contributed by atoms with van der Waals surface area (Å²) in [6.07, 6.45) is -3.46. The van der Waals surface area contributed by atoms with E-state index < -0.39 is 24.1 Å². The van der Waals surface area contributed by atoms with Gasteiger partial charge in [-0.15, -0.1) is 0 Å². The maximum Gasteiger partial charge on any atom is 0.335 e. The van der Waals surface area contributed by atoms with Gasteiger partial charge in [0.25, 0.3) is 6.43 Å². The van der Waals surface area contributed by atoms with Gasteiger partial charge in [-0.1, -0.05) is 0 Å². The van der Waals surface area contributed by atoms with Crippen molar-refractivity contribution >= 4 is 12.0 Å². The average Bonchev–Trinajstić information content (AvgIpc) is 2.36. The van der Waals surface area contributed by atoms with Crippen molar-refractivity contribution in [3.63, 3.8) is 0 Å². The van der Waals surface area contributed by atoms with Crippen molar-refractivity contribution in [1.82, 2.24) is 0 Å². The molecule has 1 atom stereocenters. The monoisotopic (exact) mass is 270 g/mol. The van der Waals surface area contributed by atoms with Gasteiger partial charge < -0.3 is 14.6 Å². The number of aryl methyl sites for hydroxylation is 1. The number of fused-ring (bicyclic) bond motifs is 1. The van der Waals surface area contributed by atoms with Gasteiger partial charge in [0, 0.05) is 5.56 Å². The maximum absolute atomic E-state index is 12.8. The predicted octanol–water partition coefficient (Wildman–Crippen LogP) is 2.50. The van der Waals surface area contributed by atoms with Crippen molar-refractivity contribution in [3.05, 3.63) is 28.8 Å². The summed E-state index contributed by atoms with van der Waals surface area (Å²) in [5.74, 6) is -0.649. The number of carbonyl (C=O) groups is 1. The molecule has 4 nitrogen and oxygen atoms in total. The Morgan fingerprint density at radius 2 is 2.16 bits per heavy atom. The largest absolute Gasteiger partial charge is 0.497 e. The summed E-state index contributed by atoms with van der Waals surface area (Å²) in [4.78, 5) is 11.0. The highest BCUT2D eigenvalue weighted by molar-refractivity contribution is 5.95. The fourth-order valence-electron chi connectivity index (χ4n) is 1.96. The third-order valence-electron chi connectivity index (χ3n) is 2.85. The topological polar surface area (TPSA) is 55.8 Å². The van der Waals surface area contributed by atoms with Gasteiger partial charge in [-0.05, 0) is 30.7 Å². The van der Waals surface area contributed by atoms with Gasteiger partial charge >= 0.3 is 5.97 Å².